The van der Waals surface area contributed by atoms with Gasteiger partial charge < -0.3 is 9.47 Å². The summed E-state index contributed by atoms with van der Waals surface area (Å²) in [5.41, 5.74) is -0.0434. The Balaban J connectivity index is 2.31. The largest absolute Gasteiger partial charge is 0.456 e. The lowest BCUT2D eigenvalue weighted by Gasteiger charge is -2.19. The van der Waals surface area contributed by atoms with Gasteiger partial charge in [-0.2, -0.15) is 0 Å². The molecule has 0 fully saturated rings. The van der Waals surface area contributed by atoms with Gasteiger partial charge >= 0.3 is 12.1 Å². The second-order valence-electron chi connectivity index (χ2n) is 6.46. The maximum atomic E-state index is 12.6. The number of carbonyl (C=O) groups excluding carboxylic acids is 2. The van der Waals surface area contributed by atoms with Crippen molar-refractivity contribution in [1.82, 2.24) is 14.0 Å². The van der Waals surface area contributed by atoms with E-state index in [0.29, 0.717) is 5.52 Å². The van der Waals surface area contributed by atoms with E-state index in [-0.39, 0.29) is 16.6 Å². The van der Waals surface area contributed by atoms with Crippen LogP contribution in [0, 0.1) is 0 Å². The molecule has 0 saturated heterocycles. The topological polar surface area (TPSA) is 91.9 Å². The van der Waals surface area contributed by atoms with E-state index in [9.17, 15) is 14.4 Å². The number of imidazole rings is 1. The summed E-state index contributed by atoms with van der Waals surface area (Å²) in [5.74, 6) is -0.552. The number of benzene rings is 1. The van der Waals surface area contributed by atoms with Gasteiger partial charge in [0.15, 0.2) is 0 Å². The molecule has 0 N–H and O–H groups in total. The molecule has 0 saturated carbocycles. The molecule has 2 heterocycles. The normalized spacial score (nSPS) is 11.7. The molecule has 3 aromatic rings. The van der Waals surface area contributed by atoms with Crippen molar-refractivity contribution in [3.63, 3.8) is 0 Å². The van der Waals surface area contributed by atoms with E-state index in [1.165, 1.54) is 25.7 Å². The second kappa shape index (κ2) is 5.73. The molecule has 0 atom stereocenters. The Labute approximate surface area is 142 Å². The molecule has 0 unspecified atom stereocenters. The van der Waals surface area contributed by atoms with Crippen molar-refractivity contribution < 1.29 is 19.1 Å². The number of rotatable bonds is 1. The highest BCUT2D eigenvalue weighted by molar-refractivity contribution is 5.96. The Bertz CT molecular complexity index is 1060. The van der Waals surface area contributed by atoms with Crippen LogP contribution < -0.4 is 5.56 Å². The zero-order chi connectivity index (χ0) is 18.4. The minimum atomic E-state index is -0.847. The van der Waals surface area contributed by atoms with Crippen LogP contribution in [-0.4, -0.2) is 38.7 Å². The number of hydrogen-bond donors (Lipinski definition) is 0. The first-order chi connectivity index (χ1) is 11.7. The smallest absolute Gasteiger partial charge is 0.421 e. The maximum absolute atomic E-state index is 12.6. The number of aromatic nitrogens is 3. The van der Waals surface area contributed by atoms with Crippen molar-refractivity contribution in [3.05, 3.63) is 46.6 Å². The molecule has 25 heavy (non-hydrogen) atoms. The zero-order valence-electron chi connectivity index (χ0n) is 14.3. The number of nitrogens with zero attached hydrogens (tertiary/aromatic N) is 3. The van der Waals surface area contributed by atoms with E-state index in [2.05, 4.69) is 4.98 Å². The van der Waals surface area contributed by atoms with E-state index in [1.54, 1.807) is 37.3 Å². The van der Waals surface area contributed by atoms with Crippen LogP contribution in [0.1, 0.15) is 31.1 Å². The molecule has 130 valence electrons. The van der Waals surface area contributed by atoms with Crippen molar-refractivity contribution in [2.75, 3.05) is 7.11 Å². The van der Waals surface area contributed by atoms with Crippen LogP contribution in [0.2, 0.25) is 0 Å². The quantitative estimate of drug-likeness (QED) is 0.629. The summed E-state index contributed by atoms with van der Waals surface area (Å²) in [7, 11) is 1.18. The van der Waals surface area contributed by atoms with Crippen LogP contribution in [-0.2, 0) is 9.47 Å². The SMILES string of the molecule is COC(=O)n1c(=O)c2cncn2c2ccc(C(=O)OC(C)(C)C)cc21. The van der Waals surface area contributed by atoms with Crippen LogP contribution >= 0.6 is 0 Å². The van der Waals surface area contributed by atoms with E-state index in [4.69, 9.17) is 9.47 Å². The Morgan fingerprint density at radius 2 is 1.84 bits per heavy atom. The molecule has 1 aromatic carbocycles. The molecule has 0 spiro atoms. The number of methoxy groups -OCH3 is 1. The molecule has 0 aliphatic rings. The molecule has 0 aliphatic heterocycles. The average molecular weight is 343 g/mol. The summed E-state index contributed by atoms with van der Waals surface area (Å²) in [4.78, 5) is 41.0. The van der Waals surface area contributed by atoms with Gasteiger partial charge in [0.25, 0.3) is 5.56 Å². The molecular weight excluding hydrogens is 326 g/mol. The van der Waals surface area contributed by atoms with Crippen molar-refractivity contribution in [2.45, 2.75) is 26.4 Å². The average Bonchev–Trinajstić information content (AvgIpc) is 3.02. The third kappa shape index (κ3) is 2.86. The maximum Gasteiger partial charge on any atom is 0.421 e. The number of carbonyl (C=O) groups is 2. The Kier molecular flexibility index (Phi) is 3.82. The highest BCUT2D eigenvalue weighted by atomic mass is 16.6. The monoisotopic (exact) mass is 343 g/mol. The summed E-state index contributed by atoms with van der Waals surface area (Å²) in [6.07, 6.45) is 1.98. The van der Waals surface area contributed by atoms with Gasteiger partial charge in [0, 0.05) is 0 Å². The fourth-order valence-corrected chi connectivity index (χ4v) is 2.51. The van der Waals surface area contributed by atoms with E-state index >= 15 is 0 Å². The fraction of sp³-hybridized carbons (Fsp3) is 0.294. The van der Waals surface area contributed by atoms with Gasteiger partial charge in [-0.05, 0) is 39.0 Å². The van der Waals surface area contributed by atoms with Gasteiger partial charge in [-0.15, -0.1) is 0 Å². The first-order valence-corrected chi connectivity index (χ1v) is 7.55. The summed E-state index contributed by atoms with van der Waals surface area (Å²) in [6.45, 7) is 5.27. The number of esters is 1. The Morgan fingerprint density at radius 1 is 1.12 bits per heavy atom. The first-order valence-electron chi connectivity index (χ1n) is 7.55. The number of hydrogen-bond acceptors (Lipinski definition) is 6. The van der Waals surface area contributed by atoms with Crippen LogP contribution in [0.4, 0.5) is 4.79 Å². The van der Waals surface area contributed by atoms with Crippen LogP contribution in [0.15, 0.2) is 35.5 Å². The van der Waals surface area contributed by atoms with Crippen molar-refractivity contribution >= 4 is 28.6 Å². The van der Waals surface area contributed by atoms with Gasteiger partial charge in [0.1, 0.15) is 11.1 Å². The Morgan fingerprint density at radius 3 is 2.48 bits per heavy atom. The predicted octanol–water partition coefficient (Wildman–Crippen LogP) is 2.22. The van der Waals surface area contributed by atoms with E-state index in [0.717, 1.165) is 4.57 Å². The molecule has 0 bridgehead atoms. The minimum absolute atomic E-state index is 0.221. The fourth-order valence-electron chi connectivity index (χ4n) is 2.51. The lowest BCUT2D eigenvalue weighted by atomic mass is 10.1. The molecule has 2 aromatic heterocycles. The first kappa shape index (κ1) is 16.7. The van der Waals surface area contributed by atoms with Crippen molar-refractivity contribution in [1.29, 1.82) is 0 Å². The molecule has 0 radical (unpaired) electrons. The third-order valence-electron chi connectivity index (χ3n) is 3.53. The van der Waals surface area contributed by atoms with E-state index < -0.39 is 23.2 Å². The standard InChI is InChI=1S/C17H17N3O5/c1-17(2,3)25-15(22)10-5-6-11-12(7-10)20(16(23)24-4)14(21)13-8-18-9-19(11)13/h5-9H,1-4H3. The molecular formula is C17H17N3O5. The minimum Gasteiger partial charge on any atom is -0.456 e. The number of fused-ring (bicyclic) bond motifs is 3. The number of ether oxygens (including phenoxy) is 2. The molecule has 8 nitrogen and oxygen atoms in total. The highest BCUT2D eigenvalue weighted by Gasteiger charge is 2.21. The summed E-state index contributed by atoms with van der Waals surface area (Å²) >= 11 is 0. The Hall–Kier alpha value is -3.16. The zero-order valence-corrected chi connectivity index (χ0v) is 14.3. The van der Waals surface area contributed by atoms with Gasteiger partial charge in [0.05, 0.1) is 36.2 Å². The second-order valence-corrected chi connectivity index (χ2v) is 6.46. The molecule has 3 rings (SSSR count). The van der Waals surface area contributed by atoms with E-state index in [1.807, 2.05) is 0 Å². The highest BCUT2D eigenvalue weighted by Crippen LogP contribution is 2.19. The summed E-state index contributed by atoms with van der Waals surface area (Å²) in [5, 5.41) is 0. The lowest BCUT2D eigenvalue weighted by Crippen LogP contribution is -2.29. The molecule has 0 amide bonds. The van der Waals surface area contributed by atoms with Gasteiger partial charge in [-0.25, -0.2) is 19.1 Å². The van der Waals surface area contributed by atoms with Crippen LogP contribution in [0.25, 0.3) is 16.6 Å². The predicted molar refractivity (Wildman–Crippen MR) is 89.9 cm³/mol. The molecule has 0 aliphatic carbocycles. The molecule has 8 heteroatoms. The van der Waals surface area contributed by atoms with Crippen molar-refractivity contribution in [3.8, 4) is 0 Å². The lowest BCUT2D eigenvalue weighted by molar-refractivity contribution is 0.00695. The van der Waals surface area contributed by atoms with Crippen molar-refractivity contribution in [2.24, 2.45) is 0 Å². The third-order valence-corrected chi connectivity index (χ3v) is 3.53. The van der Waals surface area contributed by atoms with Gasteiger partial charge in [-0.3, -0.25) is 9.20 Å². The van der Waals surface area contributed by atoms with Gasteiger partial charge in [0.2, 0.25) is 0 Å². The summed E-state index contributed by atoms with van der Waals surface area (Å²) in [6, 6.07) is 4.63. The van der Waals surface area contributed by atoms with Crippen LogP contribution in [0.5, 0.6) is 0 Å². The summed E-state index contributed by atoms with van der Waals surface area (Å²) < 4.78 is 12.5. The van der Waals surface area contributed by atoms with Crippen LogP contribution in [0.3, 0.4) is 0 Å². The van der Waals surface area contributed by atoms with Gasteiger partial charge in [-0.1, -0.05) is 0 Å².